The lowest BCUT2D eigenvalue weighted by Gasteiger charge is -2.36. The topological polar surface area (TPSA) is 93.1 Å². The minimum absolute atomic E-state index is 0.0762. The molecular weight excluding hydrogens is 433 g/mol. The third-order valence-electron chi connectivity index (χ3n) is 2.89. The van der Waals surface area contributed by atoms with Gasteiger partial charge in [-0.15, -0.1) is 46.4 Å². The van der Waals surface area contributed by atoms with Crippen LogP contribution in [0, 0.1) is 0 Å². The predicted octanol–water partition coefficient (Wildman–Crippen LogP) is 2.21. The Labute approximate surface area is 159 Å². The fraction of sp³-hybridized carbons (Fsp3) is 1.00. The fourth-order valence-electron chi connectivity index (χ4n) is 1.71. The van der Waals surface area contributed by atoms with E-state index in [4.69, 9.17) is 46.4 Å². The lowest BCUT2D eigenvalue weighted by Crippen LogP contribution is -2.40. The van der Waals surface area contributed by atoms with Gasteiger partial charge in [0, 0.05) is 43.8 Å². The highest BCUT2D eigenvalue weighted by atomic mass is 35.5. The molecule has 0 spiro atoms. The first kappa shape index (κ1) is 24.3. The van der Waals surface area contributed by atoms with Gasteiger partial charge >= 0.3 is 7.67 Å². The number of nitrogens with zero attached hydrogens (tertiary/aromatic N) is 2. The maximum absolute atomic E-state index is 12.8. The average Bonchev–Trinajstić information content (AvgIpc) is 2.45. The largest absolute Gasteiger partial charge is 0.750 e. The maximum Gasteiger partial charge on any atom is 0.343 e. The van der Waals surface area contributed by atoms with Gasteiger partial charge in [0.25, 0.3) is 0 Å². The number of halogens is 4. The second kappa shape index (κ2) is 12.7. The molecule has 0 heterocycles. The summed E-state index contributed by atoms with van der Waals surface area (Å²) in [6.07, 6.45) is -0.873. The molecule has 0 saturated carbocycles. The van der Waals surface area contributed by atoms with Crippen molar-refractivity contribution < 1.29 is 22.4 Å². The van der Waals surface area contributed by atoms with Crippen molar-refractivity contribution in [2.45, 2.75) is 18.4 Å². The van der Waals surface area contributed by atoms with Crippen LogP contribution in [-0.4, -0.2) is 78.3 Å². The number of rotatable bonds is 13. The zero-order valence-electron chi connectivity index (χ0n) is 12.4. The molecule has 13 heteroatoms. The molecule has 0 fully saturated rings. The van der Waals surface area contributed by atoms with Gasteiger partial charge < -0.3 is 9.45 Å². The second-order valence-corrected chi connectivity index (χ2v) is 8.92. The van der Waals surface area contributed by atoms with Gasteiger partial charge in [-0.3, -0.25) is 8.75 Å². The van der Waals surface area contributed by atoms with E-state index >= 15 is 0 Å². The molecule has 0 radical (unpaired) electrons. The molecule has 0 amide bonds. The fourth-order valence-corrected chi connectivity index (χ4v) is 5.26. The lowest BCUT2D eigenvalue weighted by molar-refractivity contribution is 0.195. The van der Waals surface area contributed by atoms with Crippen LogP contribution in [-0.2, 0) is 20.1 Å². The van der Waals surface area contributed by atoms with E-state index in [9.17, 15) is 18.2 Å². The monoisotopic (exact) mass is 451 g/mol. The summed E-state index contributed by atoms with van der Waals surface area (Å²) >= 11 is 20.4. The highest BCUT2D eigenvalue weighted by molar-refractivity contribution is 7.74. The maximum atomic E-state index is 12.8. The molecule has 140 valence electrons. The molecule has 0 bridgehead atoms. The third-order valence-corrected chi connectivity index (χ3v) is 6.59. The van der Waals surface area contributed by atoms with Crippen molar-refractivity contribution in [3.8, 4) is 0 Å². The van der Waals surface area contributed by atoms with Gasteiger partial charge in [0.2, 0.25) is 0 Å². The van der Waals surface area contributed by atoms with Crippen LogP contribution in [0.3, 0.4) is 0 Å². The molecule has 0 aliphatic heterocycles. The van der Waals surface area contributed by atoms with E-state index in [-0.39, 0.29) is 43.8 Å². The molecule has 0 saturated heterocycles. The summed E-state index contributed by atoms with van der Waals surface area (Å²) in [6.45, 7) is 1.74. The van der Waals surface area contributed by atoms with Crippen molar-refractivity contribution in [3.05, 3.63) is 0 Å². The van der Waals surface area contributed by atoms with Crippen LogP contribution in [0.2, 0.25) is 0 Å². The van der Waals surface area contributed by atoms with Crippen LogP contribution in [0.4, 0.5) is 0 Å². The van der Waals surface area contributed by atoms with Crippen molar-refractivity contribution in [1.29, 1.82) is 0 Å². The van der Waals surface area contributed by atoms with Gasteiger partial charge in [-0.1, -0.05) is 0 Å². The van der Waals surface area contributed by atoms with Crippen LogP contribution in [0.5, 0.6) is 0 Å². The summed E-state index contributed by atoms with van der Waals surface area (Å²) in [7, 11) is -3.97. The van der Waals surface area contributed by atoms with Crippen molar-refractivity contribution >= 4 is 65.4 Å². The normalized spacial score (nSPS) is 18.8. The SMILES string of the molecule is CC(OS(=O)[O-])C(Cl)CN(CCCl)P(=O)(O)N(CCCl)CCCl. The van der Waals surface area contributed by atoms with Gasteiger partial charge in [0.05, 0.1) is 22.8 Å². The van der Waals surface area contributed by atoms with Crippen LogP contribution >= 0.6 is 54.1 Å². The van der Waals surface area contributed by atoms with Gasteiger partial charge in [0.1, 0.15) is 0 Å². The van der Waals surface area contributed by atoms with Crippen LogP contribution < -0.4 is 0 Å². The van der Waals surface area contributed by atoms with Crippen molar-refractivity contribution in [2.24, 2.45) is 0 Å². The third kappa shape index (κ3) is 9.01. The van der Waals surface area contributed by atoms with E-state index in [0.29, 0.717) is 0 Å². The first-order valence-electron chi connectivity index (χ1n) is 6.62. The Morgan fingerprint density at radius 3 is 2.00 bits per heavy atom. The summed E-state index contributed by atoms with van der Waals surface area (Å²) in [5, 5.41) is -0.842. The Hall–Kier alpha value is 1.34. The molecular formula is C10H20Cl4N2O5PS-. The summed E-state index contributed by atoms with van der Waals surface area (Å²) < 4.78 is 40.9. The van der Waals surface area contributed by atoms with Gasteiger partial charge in [-0.2, -0.15) is 0 Å². The first-order chi connectivity index (χ1) is 10.7. The Kier molecular flexibility index (Phi) is 13.4. The molecule has 1 N–H and O–H groups in total. The molecule has 0 aromatic heterocycles. The van der Waals surface area contributed by atoms with Crippen LogP contribution in [0.25, 0.3) is 0 Å². The van der Waals surface area contributed by atoms with E-state index in [1.54, 1.807) is 0 Å². The van der Waals surface area contributed by atoms with E-state index in [1.807, 2.05) is 0 Å². The standard InChI is InChI=1S/C10H21Cl4N2O5PS/c1-9(21-23(19)20)10(14)8-16(7-4-13)22(17,18)15(5-2-11)6-3-12/h9-10H,2-8H2,1H3,(H,17,18)(H,19,20)/p-1. The van der Waals surface area contributed by atoms with E-state index in [0.717, 1.165) is 0 Å². The van der Waals surface area contributed by atoms with E-state index in [2.05, 4.69) is 4.18 Å². The Morgan fingerprint density at radius 1 is 1.17 bits per heavy atom. The smallest absolute Gasteiger partial charge is 0.343 e. The molecule has 0 rings (SSSR count). The van der Waals surface area contributed by atoms with Gasteiger partial charge in [-0.25, -0.2) is 13.5 Å². The number of hydrogen-bond donors (Lipinski definition) is 1. The quantitative estimate of drug-likeness (QED) is 0.260. The van der Waals surface area contributed by atoms with Crippen molar-refractivity contribution in [1.82, 2.24) is 9.34 Å². The zero-order valence-corrected chi connectivity index (χ0v) is 17.2. The Balaban J connectivity index is 5.11. The van der Waals surface area contributed by atoms with Crippen LogP contribution in [0.15, 0.2) is 0 Å². The minimum atomic E-state index is -3.97. The molecule has 0 aromatic carbocycles. The molecule has 4 atom stereocenters. The van der Waals surface area contributed by atoms with Crippen LogP contribution in [0.1, 0.15) is 6.92 Å². The predicted molar refractivity (Wildman–Crippen MR) is 94.2 cm³/mol. The molecule has 0 aliphatic rings. The highest BCUT2D eigenvalue weighted by Crippen LogP contribution is 2.49. The van der Waals surface area contributed by atoms with Gasteiger partial charge in [-0.05, 0) is 6.92 Å². The molecule has 23 heavy (non-hydrogen) atoms. The molecule has 0 aromatic rings. The lowest BCUT2D eigenvalue weighted by atomic mass is 10.3. The minimum Gasteiger partial charge on any atom is -0.750 e. The summed E-state index contributed by atoms with van der Waals surface area (Å²) in [4.78, 5) is 10.5. The zero-order chi connectivity index (χ0) is 18.0. The van der Waals surface area contributed by atoms with Gasteiger partial charge in [0.15, 0.2) is 0 Å². The summed E-state index contributed by atoms with van der Waals surface area (Å²) in [5.41, 5.74) is 0. The highest BCUT2D eigenvalue weighted by Gasteiger charge is 2.36. The van der Waals surface area contributed by atoms with Crippen molar-refractivity contribution in [2.75, 3.05) is 43.8 Å². The Morgan fingerprint density at radius 2 is 1.61 bits per heavy atom. The first-order valence-corrected chi connectivity index (χ1v) is 11.2. The summed E-state index contributed by atoms with van der Waals surface area (Å²) in [6, 6.07) is 0. The molecule has 0 aliphatic carbocycles. The number of alkyl halides is 4. The number of hydrogen-bond acceptors (Lipinski definition) is 4. The van der Waals surface area contributed by atoms with E-state index < -0.39 is 30.5 Å². The second-order valence-electron chi connectivity index (χ2n) is 4.47. The Bertz CT molecular complexity index is 405. The summed E-state index contributed by atoms with van der Waals surface area (Å²) in [5.74, 6) is 0.386. The molecule has 4 unspecified atom stereocenters. The average molecular weight is 453 g/mol. The van der Waals surface area contributed by atoms with E-state index in [1.165, 1.54) is 16.3 Å². The van der Waals surface area contributed by atoms with Crippen molar-refractivity contribution in [3.63, 3.8) is 0 Å². The molecule has 7 nitrogen and oxygen atoms in total.